The van der Waals surface area contributed by atoms with Crippen LogP contribution >= 0.6 is 43.2 Å². The fourth-order valence-corrected chi connectivity index (χ4v) is 4.13. The zero-order valence-corrected chi connectivity index (χ0v) is 14.3. The Balaban J connectivity index is 2.23. The highest BCUT2D eigenvalue weighted by Crippen LogP contribution is 2.36. The van der Waals surface area contributed by atoms with Crippen molar-refractivity contribution in [1.82, 2.24) is 0 Å². The average Bonchev–Trinajstić information content (AvgIpc) is 2.64. The van der Waals surface area contributed by atoms with Gasteiger partial charge >= 0.3 is 0 Å². The molecule has 0 fully saturated rings. The summed E-state index contributed by atoms with van der Waals surface area (Å²) in [6, 6.07) is 8.55. The Morgan fingerprint density at radius 1 is 1.22 bits per heavy atom. The minimum absolute atomic E-state index is 0.0531. The third-order valence-corrected chi connectivity index (χ3v) is 6.49. The summed E-state index contributed by atoms with van der Waals surface area (Å²) in [5.74, 6) is 0. The largest absolute Gasteiger partial charge is 0.323 e. The number of rotatable bonds is 3. The van der Waals surface area contributed by atoms with Crippen LogP contribution in [0.25, 0.3) is 0 Å². The molecule has 0 aliphatic carbocycles. The summed E-state index contributed by atoms with van der Waals surface area (Å²) in [6.45, 7) is 4.30. The van der Waals surface area contributed by atoms with Gasteiger partial charge in [0.2, 0.25) is 0 Å². The molecule has 1 atom stereocenters. The van der Waals surface area contributed by atoms with E-state index in [9.17, 15) is 0 Å². The third-order valence-electron chi connectivity index (χ3n) is 3.10. The molecule has 4 heteroatoms. The van der Waals surface area contributed by atoms with Crippen LogP contribution in [0.1, 0.15) is 27.6 Å². The molecule has 0 spiro atoms. The topological polar surface area (TPSA) is 26.0 Å². The van der Waals surface area contributed by atoms with Gasteiger partial charge in [0, 0.05) is 15.4 Å². The van der Waals surface area contributed by atoms with Gasteiger partial charge in [-0.2, -0.15) is 0 Å². The van der Waals surface area contributed by atoms with E-state index in [0.717, 1.165) is 14.7 Å². The molecule has 1 heterocycles. The molecule has 0 bridgehead atoms. The molecule has 96 valence electrons. The Bertz CT molecular complexity index is 523. The van der Waals surface area contributed by atoms with Crippen LogP contribution in [0.15, 0.2) is 32.5 Å². The Morgan fingerprint density at radius 3 is 2.33 bits per heavy atom. The molecule has 0 saturated heterocycles. The quantitative estimate of drug-likeness (QED) is 0.774. The number of benzene rings is 1. The molecule has 0 aliphatic heterocycles. The number of hydrogen-bond donors (Lipinski definition) is 1. The van der Waals surface area contributed by atoms with Crippen molar-refractivity contribution < 1.29 is 0 Å². The maximum Gasteiger partial charge on any atom is 0.0843 e. The van der Waals surface area contributed by atoms with Crippen molar-refractivity contribution in [2.24, 2.45) is 5.73 Å². The predicted octanol–water partition coefficient (Wildman–Crippen LogP) is 5.13. The maximum atomic E-state index is 6.32. The highest BCUT2D eigenvalue weighted by molar-refractivity contribution is 9.13. The molecule has 0 radical (unpaired) electrons. The van der Waals surface area contributed by atoms with E-state index < -0.39 is 0 Å². The molecule has 1 unspecified atom stereocenters. The van der Waals surface area contributed by atoms with Gasteiger partial charge in [0.1, 0.15) is 0 Å². The van der Waals surface area contributed by atoms with Crippen LogP contribution in [0.2, 0.25) is 0 Å². The van der Waals surface area contributed by atoms with Crippen LogP contribution in [0.5, 0.6) is 0 Å². The Hall–Kier alpha value is -0.160. The zero-order chi connectivity index (χ0) is 13.3. The number of aryl methyl sites for hydroxylation is 2. The van der Waals surface area contributed by atoms with Gasteiger partial charge in [-0.3, -0.25) is 0 Å². The third kappa shape index (κ3) is 3.05. The highest BCUT2D eigenvalue weighted by Gasteiger charge is 2.14. The molecular formula is C14H15Br2NS. The van der Waals surface area contributed by atoms with Crippen LogP contribution in [-0.4, -0.2) is 0 Å². The second-order valence-electron chi connectivity index (χ2n) is 4.45. The summed E-state index contributed by atoms with van der Waals surface area (Å²) in [7, 11) is 0. The summed E-state index contributed by atoms with van der Waals surface area (Å²) < 4.78 is 2.19. The molecule has 0 amide bonds. The molecule has 0 saturated carbocycles. The molecule has 1 nitrogen and oxygen atoms in total. The summed E-state index contributed by atoms with van der Waals surface area (Å²) in [4.78, 5) is 1.21. The second kappa shape index (κ2) is 5.87. The van der Waals surface area contributed by atoms with Gasteiger partial charge in [-0.05, 0) is 74.9 Å². The van der Waals surface area contributed by atoms with E-state index in [0.29, 0.717) is 0 Å². The molecular weight excluding hydrogens is 374 g/mol. The lowest BCUT2D eigenvalue weighted by molar-refractivity contribution is 0.729. The minimum Gasteiger partial charge on any atom is -0.323 e. The molecule has 0 aliphatic rings. The van der Waals surface area contributed by atoms with Crippen LogP contribution in [-0.2, 0) is 6.42 Å². The lowest BCUT2D eigenvalue weighted by Crippen LogP contribution is -2.13. The smallest absolute Gasteiger partial charge is 0.0843 e. The molecule has 1 aromatic carbocycles. The standard InChI is InChI=1S/C14H15Br2NS/c1-8-4-3-5-9(2)10(8)6-12(17)13-7-11(15)14(16)18-13/h3-5,7,12H,6,17H2,1-2H3. The van der Waals surface area contributed by atoms with E-state index in [4.69, 9.17) is 5.73 Å². The van der Waals surface area contributed by atoms with Gasteiger partial charge in [0.25, 0.3) is 0 Å². The van der Waals surface area contributed by atoms with E-state index in [1.54, 1.807) is 11.3 Å². The fraction of sp³-hybridized carbons (Fsp3) is 0.286. The number of halogens is 2. The second-order valence-corrected chi connectivity index (χ2v) is 7.71. The SMILES string of the molecule is Cc1cccc(C)c1CC(N)c1cc(Br)c(Br)s1. The fourth-order valence-electron chi connectivity index (χ4n) is 2.04. The first kappa shape index (κ1) is 14.3. The van der Waals surface area contributed by atoms with Crippen LogP contribution < -0.4 is 5.73 Å². The maximum absolute atomic E-state index is 6.32. The van der Waals surface area contributed by atoms with Crippen molar-refractivity contribution in [2.45, 2.75) is 26.3 Å². The van der Waals surface area contributed by atoms with Gasteiger partial charge in [-0.15, -0.1) is 11.3 Å². The molecule has 18 heavy (non-hydrogen) atoms. The summed E-state index contributed by atoms with van der Waals surface area (Å²) >= 11 is 8.72. The Morgan fingerprint density at radius 2 is 1.83 bits per heavy atom. The van der Waals surface area contributed by atoms with Crippen molar-refractivity contribution in [1.29, 1.82) is 0 Å². The summed E-state index contributed by atoms with van der Waals surface area (Å²) in [5, 5.41) is 0. The van der Waals surface area contributed by atoms with Crippen LogP contribution in [0.3, 0.4) is 0 Å². The highest BCUT2D eigenvalue weighted by atomic mass is 79.9. The van der Waals surface area contributed by atoms with E-state index in [2.05, 4.69) is 70.0 Å². The van der Waals surface area contributed by atoms with Gasteiger partial charge in [-0.1, -0.05) is 18.2 Å². The number of hydrogen-bond acceptors (Lipinski definition) is 2. The van der Waals surface area contributed by atoms with Gasteiger partial charge < -0.3 is 5.73 Å². The minimum atomic E-state index is 0.0531. The first-order valence-electron chi connectivity index (χ1n) is 5.74. The van der Waals surface area contributed by atoms with E-state index >= 15 is 0 Å². The first-order valence-corrected chi connectivity index (χ1v) is 8.14. The van der Waals surface area contributed by atoms with Crippen molar-refractivity contribution in [2.75, 3.05) is 0 Å². The normalized spacial score (nSPS) is 12.7. The van der Waals surface area contributed by atoms with E-state index in [1.165, 1.54) is 21.6 Å². The number of thiophene rings is 1. The summed E-state index contributed by atoms with van der Waals surface area (Å²) in [6.07, 6.45) is 0.887. The van der Waals surface area contributed by atoms with Crippen LogP contribution in [0, 0.1) is 13.8 Å². The molecule has 2 aromatic rings. The van der Waals surface area contributed by atoms with Crippen LogP contribution in [0.4, 0.5) is 0 Å². The Labute approximate surface area is 129 Å². The lowest BCUT2D eigenvalue weighted by Gasteiger charge is -2.14. The van der Waals surface area contributed by atoms with E-state index in [-0.39, 0.29) is 6.04 Å². The van der Waals surface area contributed by atoms with Crippen molar-refractivity contribution in [3.8, 4) is 0 Å². The summed E-state index contributed by atoms with van der Waals surface area (Å²) in [5.41, 5.74) is 10.3. The predicted molar refractivity (Wildman–Crippen MR) is 86.3 cm³/mol. The first-order chi connectivity index (χ1) is 8.49. The van der Waals surface area contributed by atoms with E-state index in [1.807, 2.05) is 0 Å². The Kier molecular flexibility index (Phi) is 4.64. The molecule has 2 N–H and O–H groups in total. The van der Waals surface area contributed by atoms with Crippen molar-refractivity contribution in [3.05, 3.63) is 54.1 Å². The van der Waals surface area contributed by atoms with Gasteiger partial charge in [-0.25, -0.2) is 0 Å². The molecule has 1 aromatic heterocycles. The van der Waals surface area contributed by atoms with Crippen molar-refractivity contribution in [3.63, 3.8) is 0 Å². The van der Waals surface area contributed by atoms with Crippen molar-refractivity contribution >= 4 is 43.2 Å². The monoisotopic (exact) mass is 387 g/mol. The number of nitrogens with two attached hydrogens (primary N) is 1. The van der Waals surface area contributed by atoms with Gasteiger partial charge in [0.15, 0.2) is 0 Å². The lowest BCUT2D eigenvalue weighted by atomic mass is 9.96. The molecule has 2 rings (SSSR count). The zero-order valence-electron chi connectivity index (χ0n) is 10.3. The van der Waals surface area contributed by atoms with Gasteiger partial charge in [0.05, 0.1) is 3.79 Å². The average molecular weight is 389 g/mol.